The quantitative estimate of drug-likeness (QED) is 0.722. The van der Waals surface area contributed by atoms with Crippen LogP contribution in [-0.2, 0) is 11.2 Å². The number of thiophene rings is 1. The van der Waals surface area contributed by atoms with E-state index in [-0.39, 0.29) is 5.78 Å². The fourth-order valence-electron chi connectivity index (χ4n) is 2.20. The molecule has 20 heavy (non-hydrogen) atoms. The van der Waals surface area contributed by atoms with Crippen molar-refractivity contribution in [2.75, 3.05) is 0 Å². The molecule has 102 valence electrons. The van der Waals surface area contributed by atoms with Crippen LogP contribution in [0.1, 0.15) is 25.6 Å². The number of rotatable bonds is 5. The Morgan fingerprint density at radius 1 is 1.35 bits per heavy atom. The van der Waals surface area contributed by atoms with E-state index in [9.17, 15) is 4.79 Å². The van der Waals surface area contributed by atoms with Gasteiger partial charge in [0.2, 0.25) is 0 Å². The molecule has 3 heterocycles. The predicted molar refractivity (Wildman–Crippen MR) is 79.9 cm³/mol. The molecule has 0 amide bonds. The Balaban J connectivity index is 1.99. The van der Waals surface area contributed by atoms with Crippen molar-refractivity contribution in [3.63, 3.8) is 0 Å². The smallest absolute Gasteiger partial charge is 0.159 e. The number of ketones is 1. The Bertz CT molecular complexity index is 731. The lowest BCUT2D eigenvalue weighted by atomic mass is 10.2. The molecule has 0 spiro atoms. The first-order chi connectivity index (χ1) is 9.78. The molecule has 0 saturated carbocycles. The van der Waals surface area contributed by atoms with Crippen molar-refractivity contribution in [2.24, 2.45) is 0 Å². The number of carbonyl (C=O) groups is 1. The standard InChI is InChI=1S/C15H15N3OS/c1-2-4-12(19)9-14-16-15-6-3-5-13(18(15)17-14)11-7-8-20-10-11/h3,5-8,10H,2,4,9H2,1H3. The van der Waals surface area contributed by atoms with E-state index in [1.165, 1.54) is 0 Å². The molecule has 0 saturated heterocycles. The Morgan fingerprint density at radius 3 is 3.00 bits per heavy atom. The van der Waals surface area contributed by atoms with Gasteiger partial charge in [-0.15, -0.1) is 0 Å². The van der Waals surface area contributed by atoms with Crippen LogP contribution in [0.3, 0.4) is 0 Å². The number of pyridine rings is 1. The lowest BCUT2D eigenvalue weighted by Crippen LogP contribution is -2.03. The third-order valence-corrected chi connectivity index (χ3v) is 3.79. The van der Waals surface area contributed by atoms with Gasteiger partial charge in [0.05, 0.1) is 12.1 Å². The minimum absolute atomic E-state index is 0.195. The van der Waals surface area contributed by atoms with Crippen molar-refractivity contribution in [1.82, 2.24) is 14.6 Å². The van der Waals surface area contributed by atoms with Gasteiger partial charge in [0.25, 0.3) is 0 Å². The van der Waals surface area contributed by atoms with Crippen LogP contribution in [0.4, 0.5) is 0 Å². The van der Waals surface area contributed by atoms with E-state index < -0.39 is 0 Å². The van der Waals surface area contributed by atoms with Crippen LogP contribution in [-0.4, -0.2) is 20.4 Å². The predicted octanol–water partition coefficient (Wildman–Crippen LogP) is 3.37. The summed E-state index contributed by atoms with van der Waals surface area (Å²) in [6.07, 6.45) is 1.78. The maximum Gasteiger partial charge on any atom is 0.159 e. The van der Waals surface area contributed by atoms with Gasteiger partial charge in [0.15, 0.2) is 11.5 Å². The summed E-state index contributed by atoms with van der Waals surface area (Å²) < 4.78 is 1.82. The minimum atomic E-state index is 0.195. The van der Waals surface area contributed by atoms with Gasteiger partial charge in [0, 0.05) is 17.4 Å². The topological polar surface area (TPSA) is 47.3 Å². The lowest BCUT2D eigenvalue weighted by molar-refractivity contribution is -0.118. The highest BCUT2D eigenvalue weighted by Crippen LogP contribution is 2.22. The molecule has 0 aliphatic heterocycles. The highest BCUT2D eigenvalue weighted by Gasteiger charge is 2.11. The van der Waals surface area contributed by atoms with Gasteiger partial charge >= 0.3 is 0 Å². The molecule has 0 aliphatic carbocycles. The first-order valence-electron chi connectivity index (χ1n) is 6.67. The molecule has 3 aromatic rings. The number of Topliss-reactive ketones (excluding diaryl/α,β-unsaturated/α-hetero) is 1. The van der Waals surface area contributed by atoms with Crippen LogP contribution in [0.5, 0.6) is 0 Å². The molecule has 0 atom stereocenters. The van der Waals surface area contributed by atoms with Crippen molar-refractivity contribution >= 4 is 22.8 Å². The summed E-state index contributed by atoms with van der Waals surface area (Å²) in [4.78, 5) is 16.2. The number of aromatic nitrogens is 3. The van der Waals surface area contributed by atoms with Crippen LogP contribution >= 0.6 is 11.3 Å². The van der Waals surface area contributed by atoms with Crippen LogP contribution in [0.15, 0.2) is 35.0 Å². The van der Waals surface area contributed by atoms with Crippen LogP contribution in [0, 0.1) is 0 Å². The molecule has 0 aromatic carbocycles. The van der Waals surface area contributed by atoms with Crippen LogP contribution < -0.4 is 0 Å². The molecule has 0 aliphatic rings. The first-order valence-corrected chi connectivity index (χ1v) is 7.61. The molecular weight excluding hydrogens is 270 g/mol. The molecule has 4 nitrogen and oxygen atoms in total. The maximum absolute atomic E-state index is 11.7. The summed E-state index contributed by atoms with van der Waals surface area (Å²) in [6, 6.07) is 7.95. The van der Waals surface area contributed by atoms with Gasteiger partial charge in [-0.1, -0.05) is 13.0 Å². The highest BCUT2D eigenvalue weighted by molar-refractivity contribution is 7.08. The summed E-state index contributed by atoms with van der Waals surface area (Å²) >= 11 is 1.65. The average molecular weight is 285 g/mol. The number of carbonyl (C=O) groups excluding carboxylic acids is 1. The van der Waals surface area contributed by atoms with Gasteiger partial charge in [-0.3, -0.25) is 4.79 Å². The SMILES string of the molecule is CCCC(=O)Cc1nc2cccc(-c3ccsc3)n2n1. The maximum atomic E-state index is 11.7. The van der Waals surface area contributed by atoms with Gasteiger partial charge in [-0.25, -0.2) is 9.50 Å². The summed E-state index contributed by atoms with van der Waals surface area (Å²) in [5, 5.41) is 8.60. The van der Waals surface area contributed by atoms with E-state index in [0.29, 0.717) is 18.7 Å². The van der Waals surface area contributed by atoms with Crippen molar-refractivity contribution in [2.45, 2.75) is 26.2 Å². The van der Waals surface area contributed by atoms with Crippen molar-refractivity contribution < 1.29 is 4.79 Å². The second kappa shape index (κ2) is 5.54. The Morgan fingerprint density at radius 2 is 2.25 bits per heavy atom. The summed E-state index contributed by atoms with van der Waals surface area (Å²) in [5.41, 5.74) is 2.91. The van der Waals surface area contributed by atoms with Crippen molar-refractivity contribution in [3.8, 4) is 11.3 Å². The zero-order chi connectivity index (χ0) is 13.9. The van der Waals surface area contributed by atoms with Crippen molar-refractivity contribution in [1.29, 1.82) is 0 Å². The minimum Gasteiger partial charge on any atom is -0.299 e. The largest absolute Gasteiger partial charge is 0.299 e. The molecule has 0 N–H and O–H groups in total. The third-order valence-electron chi connectivity index (χ3n) is 3.10. The molecule has 3 rings (SSSR count). The van der Waals surface area contributed by atoms with Crippen LogP contribution in [0.25, 0.3) is 16.9 Å². The number of fused-ring (bicyclic) bond motifs is 1. The first kappa shape index (κ1) is 13.0. The van der Waals surface area contributed by atoms with E-state index >= 15 is 0 Å². The zero-order valence-corrected chi connectivity index (χ0v) is 12.1. The van der Waals surface area contributed by atoms with Gasteiger partial charge in [0.1, 0.15) is 5.78 Å². The second-order valence-corrected chi connectivity index (χ2v) is 5.47. The summed E-state index contributed by atoms with van der Waals surface area (Å²) in [5.74, 6) is 0.798. The fraction of sp³-hybridized carbons (Fsp3) is 0.267. The van der Waals surface area contributed by atoms with E-state index in [1.807, 2.05) is 35.0 Å². The molecule has 0 radical (unpaired) electrons. The normalized spacial score (nSPS) is 11.1. The van der Waals surface area contributed by atoms with E-state index in [4.69, 9.17) is 0 Å². The number of nitrogens with zero attached hydrogens (tertiary/aromatic N) is 3. The van der Waals surface area contributed by atoms with E-state index in [0.717, 1.165) is 23.3 Å². The Hall–Kier alpha value is -2.01. The third kappa shape index (κ3) is 2.49. The second-order valence-electron chi connectivity index (χ2n) is 4.69. The molecule has 0 unspecified atom stereocenters. The van der Waals surface area contributed by atoms with Crippen LogP contribution in [0.2, 0.25) is 0 Å². The number of hydrogen-bond donors (Lipinski definition) is 0. The molecule has 5 heteroatoms. The van der Waals surface area contributed by atoms with Crippen molar-refractivity contribution in [3.05, 3.63) is 40.8 Å². The molecule has 0 fully saturated rings. The Labute approximate surface area is 121 Å². The Kier molecular flexibility index (Phi) is 3.60. The fourth-order valence-corrected chi connectivity index (χ4v) is 2.85. The average Bonchev–Trinajstić information content (AvgIpc) is 3.06. The molecule has 0 bridgehead atoms. The zero-order valence-electron chi connectivity index (χ0n) is 11.2. The lowest BCUT2D eigenvalue weighted by Gasteiger charge is -2.00. The highest BCUT2D eigenvalue weighted by atomic mass is 32.1. The van der Waals surface area contributed by atoms with Gasteiger partial charge in [-0.05, 0) is 30.0 Å². The van der Waals surface area contributed by atoms with E-state index in [1.54, 1.807) is 11.3 Å². The van der Waals surface area contributed by atoms with E-state index in [2.05, 4.69) is 21.5 Å². The monoisotopic (exact) mass is 285 g/mol. The summed E-state index contributed by atoms with van der Waals surface area (Å²) in [7, 11) is 0. The molecule has 3 aromatic heterocycles. The number of hydrogen-bond acceptors (Lipinski definition) is 4. The van der Waals surface area contributed by atoms with Gasteiger partial charge in [-0.2, -0.15) is 16.4 Å². The molecular formula is C15H15N3OS. The summed E-state index contributed by atoms with van der Waals surface area (Å²) in [6.45, 7) is 2.00. The van der Waals surface area contributed by atoms with Gasteiger partial charge < -0.3 is 0 Å².